The van der Waals surface area contributed by atoms with Crippen LogP contribution < -0.4 is 11.1 Å². The summed E-state index contributed by atoms with van der Waals surface area (Å²) in [6, 6.07) is 3.99. The zero-order valence-corrected chi connectivity index (χ0v) is 19.3. The lowest BCUT2D eigenvalue weighted by Crippen LogP contribution is -2.20. The highest BCUT2D eigenvalue weighted by atomic mass is 32.2. The maximum absolute atomic E-state index is 12.6. The second kappa shape index (κ2) is 8.91. The second-order valence-corrected chi connectivity index (χ2v) is 10.3. The summed E-state index contributed by atoms with van der Waals surface area (Å²) in [5, 5.41) is 14.7. The van der Waals surface area contributed by atoms with E-state index >= 15 is 0 Å². The van der Waals surface area contributed by atoms with Crippen molar-refractivity contribution < 1.29 is 9.59 Å². The van der Waals surface area contributed by atoms with Crippen LogP contribution in [-0.2, 0) is 24.2 Å². The van der Waals surface area contributed by atoms with Crippen LogP contribution in [-0.4, -0.2) is 32.3 Å². The third-order valence-corrected chi connectivity index (χ3v) is 8.12. The molecular formula is C20H23N5O2S3. The Labute approximate surface area is 187 Å². The number of carbonyl (C=O) groups excluding carboxylic acids is 2. The fourth-order valence-corrected chi connectivity index (χ4v) is 6.61. The Balaban J connectivity index is 1.47. The summed E-state index contributed by atoms with van der Waals surface area (Å²) in [5.41, 5.74) is 7.13. The van der Waals surface area contributed by atoms with Gasteiger partial charge in [-0.15, -0.1) is 32.9 Å². The molecule has 1 aliphatic rings. The molecule has 4 rings (SSSR count). The van der Waals surface area contributed by atoms with Gasteiger partial charge in [0.05, 0.1) is 16.2 Å². The van der Waals surface area contributed by atoms with E-state index in [1.54, 1.807) is 11.3 Å². The van der Waals surface area contributed by atoms with Crippen molar-refractivity contribution in [3.8, 4) is 10.7 Å². The molecule has 1 unspecified atom stereocenters. The quantitative estimate of drug-likeness (QED) is 0.517. The lowest BCUT2D eigenvalue weighted by atomic mass is 9.88. The number of fused-ring (bicyclic) bond motifs is 1. The highest BCUT2D eigenvalue weighted by Crippen LogP contribution is 2.39. The summed E-state index contributed by atoms with van der Waals surface area (Å²) in [7, 11) is 0. The average Bonchev–Trinajstić information content (AvgIpc) is 3.43. The van der Waals surface area contributed by atoms with Crippen LogP contribution in [0.3, 0.4) is 0 Å². The topological polar surface area (TPSA) is 103 Å². The van der Waals surface area contributed by atoms with Gasteiger partial charge in [-0.25, -0.2) is 0 Å². The van der Waals surface area contributed by atoms with Gasteiger partial charge in [0.1, 0.15) is 5.00 Å². The number of hydrogen-bond donors (Lipinski definition) is 2. The maximum atomic E-state index is 12.6. The summed E-state index contributed by atoms with van der Waals surface area (Å²) in [4.78, 5) is 26.9. The van der Waals surface area contributed by atoms with E-state index in [0.29, 0.717) is 28.2 Å². The van der Waals surface area contributed by atoms with Gasteiger partial charge in [-0.1, -0.05) is 24.8 Å². The van der Waals surface area contributed by atoms with Crippen molar-refractivity contribution in [2.75, 3.05) is 11.1 Å². The van der Waals surface area contributed by atoms with Crippen LogP contribution in [0.5, 0.6) is 0 Å². The number of thiophene rings is 2. The molecule has 0 spiro atoms. The Morgan fingerprint density at radius 2 is 2.23 bits per heavy atom. The third kappa shape index (κ3) is 4.17. The van der Waals surface area contributed by atoms with Crippen LogP contribution in [0.1, 0.15) is 41.1 Å². The van der Waals surface area contributed by atoms with Gasteiger partial charge in [0.15, 0.2) is 11.0 Å². The molecule has 0 saturated heterocycles. The van der Waals surface area contributed by atoms with E-state index in [-0.39, 0.29) is 11.7 Å². The maximum Gasteiger partial charge on any atom is 0.251 e. The Hall–Kier alpha value is -2.17. The summed E-state index contributed by atoms with van der Waals surface area (Å²) < 4.78 is 2.00. The van der Waals surface area contributed by atoms with E-state index in [9.17, 15) is 9.59 Å². The first-order chi connectivity index (χ1) is 14.5. The predicted octanol–water partition coefficient (Wildman–Crippen LogP) is 4.04. The van der Waals surface area contributed by atoms with Gasteiger partial charge in [0, 0.05) is 11.4 Å². The minimum absolute atomic E-state index is 0.180. The second-order valence-electron chi connectivity index (χ2n) is 7.28. The van der Waals surface area contributed by atoms with E-state index in [2.05, 4.69) is 22.4 Å². The number of nitrogens with two attached hydrogens (primary N) is 1. The van der Waals surface area contributed by atoms with Crippen LogP contribution >= 0.6 is 34.4 Å². The number of carbonyl (C=O) groups is 2. The van der Waals surface area contributed by atoms with Crippen molar-refractivity contribution in [2.24, 2.45) is 11.7 Å². The molecule has 2 amide bonds. The zero-order valence-electron chi connectivity index (χ0n) is 16.8. The minimum Gasteiger partial charge on any atom is -0.365 e. The van der Waals surface area contributed by atoms with E-state index in [0.717, 1.165) is 40.4 Å². The predicted molar refractivity (Wildman–Crippen MR) is 122 cm³/mol. The zero-order chi connectivity index (χ0) is 21.3. The largest absolute Gasteiger partial charge is 0.365 e. The highest BCUT2D eigenvalue weighted by molar-refractivity contribution is 7.99. The number of anilines is 1. The Morgan fingerprint density at radius 3 is 2.93 bits per heavy atom. The van der Waals surface area contributed by atoms with Crippen molar-refractivity contribution in [2.45, 2.75) is 44.8 Å². The number of hydrogen-bond acceptors (Lipinski definition) is 7. The normalized spacial score (nSPS) is 15.7. The molecule has 0 fully saturated rings. The third-order valence-electron chi connectivity index (χ3n) is 5.12. The van der Waals surface area contributed by atoms with E-state index < -0.39 is 5.91 Å². The van der Waals surface area contributed by atoms with Gasteiger partial charge in [-0.2, -0.15) is 0 Å². The van der Waals surface area contributed by atoms with Crippen molar-refractivity contribution in [1.82, 2.24) is 14.8 Å². The first kappa shape index (κ1) is 21.1. The van der Waals surface area contributed by atoms with Gasteiger partial charge >= 0.3 is 0 Å². The van der Waals surface area contributed by atoms with Gasteiger partial charge < -0.3 is 15.6 Å². The van der Waals surface area contributed by atoms with Gasteiger partial charge in [-0.3, -0.25) is 9.59 Å². The molecule has 7 nitrogen and oxygen atoms in total. The average molecular weight is 462 g/mol. The fraction of sp³-hybridized carbons (Fsp3) is 0.400. The van der Waals surface area contributed by atoms with Crippen LogP contribution in [0.2, 0.25) is 0 Å². The molecule has 0 radical (unpaired) electrons. The molecule has 3 aromatic rings. The number of primary amides is 1. The summed E-state index contributed by atoms with van der Waals surface area (Å²) in [6.07, 6.45) is 2.80. The van der Waals surface area contributed by atoms with Crippen LogP contribution in [0, 0.1) is 5.92 Å². The molecule has 0 saturated carbocycles. The lowest BCUT2D eigenvalue weighted by Gasteiger charge is -2.18. The number of nitrogens with zero attached hydrogens (tertiary/aromatic N) is 3. The fourth-order valence-electron chi connectivity index (χ4n) is 3.66. The standard InChI is InChI=1S/C20H23N5O2S3/c1-3-25-18(13-5-4-8-28-13)23-24-20(25)29-10-15(26)22-19-16(17(21)27)12-7-6-11(2)9-14(12)30-19/h4-5,8,11H,3,6-7,9-10H2,1-2H3,(H2,21,27)(H,22,26). The van der Waals surface area contributed by atoms with Gasteiger partial charge in [-0.05, 0) is 49.1 Å². The molecule has 1 aliphatic carbocycles. The number of amides is 2. The summed E-state index contributed by atoms with van der Waals surface area (Å²) >= 11 is 4.43. The Morgan fingerprint density at radius 1 is 1.40 bits per heavy atom. The highest BCUT2D eigenvalue weighted by Gasteiger charge is 2.27. The van der Waals surface area contributed by atoms with Crippen molar-refractivity contribution in [1.29, 1.82) is 0 Å². The van der Waals surface area contributed by atoms with Crippen molar-refractivity contribution >= 4 is 51.3 Å². The van der Waals surface area contributed by atoms with Gasteiger partial charge in [0.2, 0.25) is 5.91 Å². The van der Waals surface area contributed by atoms with Crippen LogP contribution in [0.4, 0.5) is 5.00 Å². The molecule has 1 atom stereocenters. The molecule has 0 aromatic carbocycles. The number of thioether (sulfide) groups is 1. The minimum atomic E-state index is -0.476. The molecule has 3 N–H and O–H groups in total. The molecule has 3 aromatic heterocycles. The molecule has 10 heteroatoms. The van der Waals surface area contributed by atoms with Crippen molar-refractivity contribution in [3.05, 3.63) is 33.5 Å². The Kier molecular flexibility index (Phi) is 6.26. The molecule has 0 bridgehead atoms. The van der Waals surface area contributed by atoms with E-state index in [1.807, 2.05) is 29.0 Å². The first-order valence-electron chi connectivity index (χ1n) is 9.82. The number of aromatic nitrogens is 3. The van der Waals surface area contributed by atoms with Crippen LogP contribution in [0.25, 0.3) is 10.7 Å². The molecule has 0 aliphatic heterocycles. The van der Waals surface area contributed by atoms with Gasteiger partial charge in [0.25, 0.3) is 5.91 Å². The summed E-state index contributed by atoms with van der Waals surface area (Å²) in [6.45, 7) is 4.95. The van der Waals surface area contributed by atoms with Crippen LogP contribution in [0.15, 0.2) is 22.7 Å². The molecule has 158 valence electrons. The summed E-state index contributed by atoms with van der Waals surface area (Å²) in [5.74, 6) is 0.911. The smallest absolute Gasteiger partial charge is 0.251 e. The monoisotopic (exact) mass is 461 g/mol. The van der Waals surface area contributed by atoms with E-state index in [1.165, 1.54) is 23.1 Å². The first-order valence-corrected chi connectivity index (χ1v) is 12.5. The molecule has 3 heterocycles. The lowest BCUT2D eigenvalue weighted by molar-refractivity contribution is -0.113. The SMILES string of the molecule is CCn1c(SCC(=O)Nc2sc3c(c2C(N)=O)CCC(C)C3)nnc1-c1cccs1. The number of rotatable bonds is 7. The molecular weight excluding hydrogens is 438 g/mol. The van der Waals surface area contributed by atoms with Crippen molar-refractivity contribution in [3.63, 3.8) is 0 Å². The number of nitrogens with one attached hydrogen (secondary N) is 1. The Bertz CT molecular complexity index is 1070. The molecule has 30 heavy (non-hydrogen) atoms. The van der Waals surface area contributed by atoms with E-state index in [4.69, 9.17) is 5.73 Å².